The van der Waals surface area contributed by atoms with Crippen molar-refractivity contribution < 1.29 is 4.42 Å². The highest BCUT2D eigenvalue weighted by Crippen LogP contribution is 2.24. The van der Waals surface area contributed by atoms with Gasteiger partial charge in [0.2, 0.25) is 0 Å². The van der Waals surface area contributed by atoms with Crippen molar-refractivity contribution in [1.29, 1.82) is 0 Å². The van der Waals surface area contributed by atoms with Gasteiger partial charge in [0, 0.05) is 12.4 Å². The van der Waals surface area contributed by atoms with E-state index in [0.717, 1.165) is 24.3 Å². The van der Waals surface area contributed by atoms with Crippen molar-refractivity contribution in [2.24, 2.45) is 0 Å². The smallest absolute Gasteiger partial charge is 0.128 e. The largest absolute Gasteiger partial charge is 0.467 e. The molecule has 2 aromatic heterocycles. The third-order valence-corrected chi connectivity index (χ3v) is 2.78. The van der Waals surface area contributed by atoms with E-state index in [0.29, 0.717) is 0 Å². The molecule has 3 heteroatoms. The fraction of sp³-hybridized carbons (Fsp3) is 0.357. The lowest BCUT2D eigenvalue weighted by molar-refractivity contribution is 0.443. The Morgan fingerprint density at radius 1 is 1.41 bits per heavy atom. The molecule has 0 radical (unpaired) electrons. The number of hydrogen-bond donors (Lipinski definition) is 1. The summed E-state index contributed by atoms with van der Waals surface area (Å²) in [5.74, 6) is 0.978. The lowest BCUT2D eigenvalue weighted by Gasteiger charge is -2.17. The number of aromatic nitrogens is 1. The van der Waals surface area contributed by atoms with Crippen molar-refractivity contribution in [1.82, 2.24) is 10.3 Å². The van der Waals surface area contributed by atoms with E-state index in [-0.39, 0.29) is 6.04 Å². The summed E-state index contributed by atoms with van der Waals surface area (Å²) in [7, 11) is 0. The molecule has 90 valence electrons. The summed E-state index contributed by atoms with van der Waals surface area (Å²) in [5, 5.41) is 3.50. The molecule has 2 rings (SSSR count). The summed E-state index contributed by atoms with van der Waals surface area (Å²) < 4.78 is 5.59. The van der Waals surface area contributed by atoms with Gasteiger partial charge < -0.3 is 9.73 Å². The Kier molecular flexibility index (Phi) is 3.94. The van der Waals surface area contributed by atoms with E-state index in [1.54, 1.807) is 12.5 Å². The molecule has 0 aliphatic rings. The number of pyridine rings is 1. The average Bonchev–Trinajstić information content (AvgIpc) is 2.78. The Bertz CT molecular complexity index is 450. The van der Waals surface area contributed by atoms with Crippen molar-refractivity contribution >= 4 is 0 Å². The molecule has 1 unspecified atom stereocenters. The Balaban J connectivity index is 2.29. The van der Waals surface area contributed by atoms with Crippen LogP contribution < -0.4 is 5.32 Å². The molecular formula is C14H18N2O. The van der Waals surface area contributed by atoms with Crippen LogP contribution in [0.5, 0.6) is 0 Å². The van der Waals surface area contributed by atoms with E-state index in [1.165, 1.54) is 5.56 Å². The van der Waals surface area contributed by atoms with Crippen LogP contribution in [-0.2, 0) is 0 Å². The first-order valence-corrected chi connectivity index (χ1v) is 6.00. The van der Waals surface area contributed by atoms with Gasteiger partial charge in [0.15, 0.2) is 0 Å². The summed E-state index contributed by atoms with van der Waals surface area (Å²) in [5.41, 5.74) is 2.31. The minimum Gasteiger partial charge on any atom is -0.467 e. The van der Waals surface area contributed by atoms with Crippen molar-refractivity contribution in [3.8, 4) is 0 Å². The van der Waals surface area contributed by atoms with Crippen LogP contribution in [-0.4, -0.2) is 11.5 Å². The maximum atomic E-state index is 5.59. The molecule has 17 heavy (non-hydrogen) atoms. The molecule has 1 N–H and O–H groups in total. The first-order valence-electron chi connectivity index (χ1n) is 6.00. The number of furan rings is 1. The fourth-order valence-electron chi connectivity index (χ4n) is 1.88. The fourth-order valence-corrected chi connectivity index (χ4v) is 1.88. The maximum Gasteiger partial charge on any atom is 0.128 e. The van der Waals surface area contributed by atoms with E-state index in [1.807, 2.05) is 18.3 Å². The molecule has 0 aliphatic carbocycles. The monoisotopic (exact) mass is 230 g/mol. The highest BCUT2D eigenvalue weighted by molar-refractivity contribution is 5.28. The van der Waals surface area contributed by atoms with E-state index in [4.69, 9.17) is 4.42 Å². The van der Waals surface area contributed by atoms with E-state index in [9.17, 15) is 0 Å². The molecule has 0 saturated carbocycles. The van der Waals surface area contributed by atoms with Gasteiger partial charge >= 0.3 is 0 Å². The van der Waals surface area contributed by atoms with Crippen LogP contribution in [0.3, 0.4) is 0 Å². The molecule has 0 aromatic carbocycles. The summed E-state index contributed by atoms with van der Waals surface area (Å²) in [6, 6.07) is 6.11. The second-order valence-corrected chi connectivity index (χ2v) is 4.14. The summed E-state index contributed by atoms with van der Waals surface area (Å²) >= 11 is 0. The molecule has 0 fully saturated rings. The maximum absolute atomic E-state index is 5.59. The molecule has 2 heterocycles. The van der Waals surface area contributed by atoms with Gasteiger partial charge in [-0.2, -0.15) is 0 Å². The zero-order valence-electron chi connectivity index (χ0n) is 10.3. The van der Waals surface area contributed by atoms with Gasteiger partial charge in [-0.05, 0) is 43.1 Å². The topological polar surface area (TPSA) is 38.1 Å². The highest BCUT2D eigenvalue weighted by atomic mass is 16.3. The molecule has 1 atom stereocenters. The Hall–Kier alpha value is -1.61. The normalized spacial score (nSPS) is 12.6. The van der Waals surface area contributed by atoms with E-state index < -0.39 is 0 Å². The van der Waals surface area contributed by atoms with Crippen molar-refractivity contribution in [3.05, 3.63) is 53.7 Å². The van der Waals surface area contributed by atoms with Crippen molar-refractivity contribution in [2.75, 3.05) is 6.54 Å². The number of rotatable bonds is 5. The van der Waals surface area contributed by atoms with Crippen LogP contribution in [0, 0.1) is 6.92 Å². The van der Waals surface area contributed by atoms with Gasteiger partial charge in [0.25, 0.3) is 0 Å². The van der Waals surface area contributed by atoms with Crippen molar-refractivity contribution in [3.63, 3.8) is 0 Å². The zero-order valence-corrected chi connectivity index (χ0v) is 10.3. The van der Waals surface area contributed by atoms with E-state index in [2.05, 4.69) is 30.2 Å². The molecule has 0 spiro atoms. The summed E-state index contributed by atoms with van der Waals surface area (Å²) in [4.78, 5) is 4.17. The molecule has 2 aromatic rings. The van der Waals surface area contributed by atoms with Crippen LogP contribution in [0.25, 0.3) is 0 Å². The van der Waals surface area contributed by atoms with Gasteiger partial charge in [0.05, 0.1) is 12.3 Å². The van der Waals surface area contributed by atoms with Crippen molar-refractivity contribution in [2.45, 2.75) is 26.3 Å². The van der Waals surface area contributed by atoms with Crippen LogP contribution in [0.15, 0.2) is 41.3 Å². The third kappa shape index (κ3) is 2.74. The highest BCUT2D eigenvalue weighted by Gasteiger charge is 2.18. The van der Waals surface area contributed by atoms with Gasteiger partial charge in [-0.3, -0.25) is 4.98 Å². The quantitative estimate of drug-likeness (QED) is 0.857. The van der Waals surface area contributed by atoms with Crippen LogP contribution in [0.4, 0.5) is 0 Å². The zero-order chi connectivity index (χ0) is 12.1. The number of nitrogens with zero attached hydrogens (tertiary/aromatic N) is 1. The minimum absolute atomic E-state index is 0.0960. The predicted octanol–water partition coefficient (Wildman–Crippen LogP) is 3.07. The Morgan fingerprint density at radius 3 is 2.88 bits per heavy atom. The second-order valence-electron chi connectivity index (χ2n) is 4.14. The predicted molar refractivity (Wildman–Crippen MR) is 67.8 cm³/mol. The first kappa shape index (κ1) is 11.9. The molecule has 0 amide bonds. The Labute approximate surface area is 102 Å². The number of nitrogens with one attached hydrogen (secondary N) is 1. The second kappa shape index (κ2) is 5.64. The molecule has 3 nitrogen and oxygen atoms in total. The molecule has 0 saturated heterocycles. The molecule has 0 aliphatic heterocycles. The van der Waals surface area contributed by atoms with Gasteiger partial charge in [-0.15, -0.1) is 0 Å². The lowest BCUT2D eigenvalue weighted by Crippen LogP contribution is -2.23. The van der Waals surface area contributed by atoms with Gasteiger partial charge in [-0.25, -0.2) is 0 Å². The molecular weight excluding hydrogens is 212 g/mol. The summed E-state index contributed by atoms with van der Waals surface area (Å²) in [6.45, 7) is 5.18. The minimum atomic E-state index is 0.0960. The van der Waals surface area contributed by atoms with Crippen LogP contribution >= 0.6 is 0 Å². The van der Waals surface area contributed by atoms with Gasteiger partial charge in [-0.1, -0.05) is 13.0 Å². The first-order chi connectivity index (χ1) is 8.33. The van der Waals surface area contributed by atoms with Crippen LogP contribution in [0.1, 0.15) is 36.3 Å². The lowest BCUT2D eigenvalue weighted by atomic mass is 10.0. The SMILES string of the molecule is CCCNC(c1cccnc1)c1occc1C. The van der Waals surface area contributed by atoms with E-state index >= 15 is 0 Å². The number of hydrogen-bond acceptors (Lipinski definition) is 3. The van der Waals surface area contributed by atoms with Gasteiger partial charge in [0.1, 0.15) is 5.76 Å². The molecule has 0 bridgehead atoms. The van der Waals surface area contributed by atoms with Crippen LogP contribution in [0.2, 0.25) is 0 Å². The average molecular weight is 230 g/mol. The Morgan fingerprint density at radius 2 is 2.29 bits per heavy atom. The summed E-state index contributed by atoms with van der Waals surface area (Å²) in [6.07, 6.45) is 6.50. The third-order valence-electron chi connectivity index (χ3n) is 2.78. The number of aryl methyl sites for hydroxylation is 1. The standard InChI is InChI=1S/C14H18N2O/c1-3-7-16-13(12-5-4-8-15-10-12)14-11(2)6-9-17-14/h4-6,8-10,13,16H,3,7H2,1-2H3.